The Balaban J connectivity index is 1.60. The molecule has 1 aliphatic heterocycles. The first-order valence-electron chi connectivity index (χ1n) is 8.46. The summed E-state index contributed by atoms with van der Waals surface area (Å²) in [6.07, 6.45) is 6.76. The number of aryl methyl sites for hydroxylation is 1. The Hall–Kier alpha value is -1.74. The number of hydrogen-bond donors (Lipinski definition) is 1. The van der Waals surface area contributed by atoms with Crippen molar-refractivity contribution in [1.29, 1.82) is 0 Å². The largest absolute Gasteiger partial charge is 0.468 e. The zero-order chi connectivity index (χ0) is 15.2. The quantitative estimate of drug-likeness (QED) is 0.833. The minimum absolute atomic E-state index is 0.784. The van der Waals surface area contributed by atoms with Crippen molar-refractivity contribution in [1.82, 2.24) is 5.32 Å². The van der Waals surface area contributed by atoms with Gasteiger partial charge in [0.25, 0.3) is 0 Å². The van der Waals surface area contributed by atoms with Gasteiger partial charge in [-0.2, -0.15) is 0 Å². The Morgan fingerprint density at radius 1 is 1.23 bits per heavy atom. The van der Waals surface area contributed by atoms with Crippen molar-refractivity contribution in [3.8, 4) is 0 Å². The highest BCUT2D eigenvalue weighted by atomic mass is 16.3. The molecular formula is C19H26N2O. The summed E-state index contributed by atoms with van der Waals surface area (Å²) in [6.45, 7) is 6.34. The van der Waals surface area contributed by atoms with Crippen LogP contribution in [-0.4, -0.2) is 13.1 Å². The van der Waals surface area contributed by atoms with E-state index in [-0.39, 0.29) is 0 Å². The van der Waals surface area contributed by atoms with E-state index < -0.39 is 0 Å². The molecule has 0 aliphatic carbocycles. The summed E-state index contributed by atoms with van der Waals surface area (Å²) < 4.78 is 5.34. The monoisotopic (exact) mass is 298 g/mol. The van der Waals surface area contributed by atoms with Gasteiger partial charge in [0, 0.05) is 25.3 Å². The number of nitrogens with zero attached hydrogens (tertiary/aromatic N) is 1. The van der Waals surface area contributed by atoms with E-state index in [4.69, 9.17) is 4.42 Å². The second kappa shape index (κ2) is 7.50. The molecule has 1 aromatic carbocycles. The number of unbranched alkanes of at least 4 members (excludes halogenated alkanes) is 1. The first kappa shape index (κ1) is 15.2. The fraction of sp³-hybridized carbons (Fsp3) is 0.474. The van der Waals surface area contributed by atoms with Crippen LogP contribution in [0.2, 0.25) is 0 Å². The Morgan fingerprint density at radius 3 is 3.00 bits per heavy atom. The van der Waals surface area contributed by atoms with Gasteiger partial charge in [-0.3, -0.25) is 0 Å². The molecule has 0 spiro atoms. The zero-order valence-corrected chi connectivity index (χ0v) is 13.5. The maximum Gasteiger partial charge on any atom is 0.117 e. The predicted molar refractivity (Wildman–Crippen MR) is 91.1 cm³/mol. The van der Waals surface area contributed by atoms with Crippen LogP contribution in [0.25, 0.3) is 0 Å². The highest BCUT2D eigenvalue weighted by molar-refractivity contribution is 5.56. The van der Waals surface area contributed by atoms with Crippen LogP contribution in [0, 0.1) is 0 Å². The Labute approximate surface area is 133 Å². The number of hydrogen-bond acceptors (Lipinski definition) is 3. The number of furan rings is 1. The normalized spacial score (nSPS) is 14.1. The fourth-order valence-electron chi connectivity index (χ4n) is 3.16. The van der Waals surface area contributed by atoms with Crippen molar-refractivity contribution in [2.45, 2.75) is 45.7 Å². The minimum atomic E-state index is 0.784. The van der Waals surface area contributed by atoms with Gasteiger partial charge in [0.2, 0.25) is 0 Å². The highest BCUT2D eigenvalue weighted by Gasteiger charge is 2.16. The second-order valence-electron chi connectivity index (χ2n) is 6.09. The van der Waals surface area contributed by atoms with E-state index >= 15 is 0 Å². The van der Waals surface area contributed by atoms with Gasteiger partial charge in [-0.15, -0.1) is 0 Å². The van der Waals surface area contributed by atoms with E-state index in [1.807, 2.05) is 12.1 Å². The Kier molecular flexibility index (Phi) is 5.17. The van der Waals surface area contributed by atoms with E-state index in [1.165, 1.54) is 55.6 Å². The molecule has 1 N–H and O–H groups in total. The van der Waals surface area contributed by atoms with Gasteiger partial charge in [-0.05, 0) is 48.6 Å². The number of fused-ring (bicyclic) bond motifs is 1. The average Bonchev–Trinajstić information content (AvgIpc) is 3.06. The minimum Gasteiger partial charge on any atom is -0.468 e. The topological polar surface area (TPSA) is 28.4 Å². The molecule has 3 heteroatoms. The van der Waals surface area contributed by atoms with Gasteiger partial charge in [0.05, 0.1) is 12.8 Å². The van der Waals surface area contributed by atoms with Gasteiger partial charge in [-0.1, -0.05) is 25.5 Å². The molecule has 3 rings (SSSR count). The molecule has 0 amide bonds. The molecule has 2 heterocycles. The third-order valence-electron chi connectivity index (χ3n) is 4.35. The molecule has 0 atom stereocenters. The van der Waals surface area contributed by atoms with E-state index in [2.05, 4.69) is 35.3 Å². The van der Waals surface area contributed by atoms with Crippen molar-refractivity contribution in [3.63, 3.8) is 0 Å². The van der Waals surface area contributed by atoms with Crippen molar-refractivity contribution in [3.05, 3.63) is 53.5 Å². The summed E-state index contributed by atoms with van der Waals surface area (Å²) in [7, 11) is 0. The molecule has 3 nitrogen and oxygen atoms in total. The molecule has 2 aromatic rings. The average molecular weight is 298 g/mol. The number of nitrogens with one attached hydrogen (secondary N) is 1. The van der Waals surface area contributed by atoms with E-state index in [0.29, 0.717) is 0 Å². The first-order chi connectivity index (χ1) is 10.9. The number of rotatable bonds is 7. The molecule has 1 aromatic heterocycles. The van der Waals surface area contributed by atoms with Gasteiger partial charge < -0.3 is 14.6 Å². The summed E-state index contributed by atoms with van der Waals surface area (Å²) in [5, 5.41) is 3.45. The summed E-state index contributed by atoms with van der Waals surface area (Å²) in [4.78, 5) is 2.56. The van der Waals surface area contributed by atoms with Crippen LogP contribution >= 0.6 is 0 Å². The lowest BCUT2D eigenvalue weighted by atomic mass is 9.99. The molecule has 22 heavy (non-hydrogen) atoms. The second-order valence-corrected chi connectivity index (χ2v) is 6.09. The standard InChI is InChI=1S/C19H26N2O/c1-2-3-10-21-11-4-6-17-13-16(8-9-19(17)21)14-20-15-18-7-5-12-22-18/h5,7-9,12-13,20H,2-4,6,10-11,14-15H2,1H3. The molecule has 0 fully saturated rings. The van der Waals surface area contributed by atoms with Gasteiger partial charge >= 0.3 is 0 Å². The molecule has 118 valence electrons. The molecule has 0 saturated heterocycles. The number of benzene rings is 1. The summed E-state index contributed by atoms with van der Waals surface area (Å²) >= 11 is 0. The SMILES string of the molecule is CCCCN1CCCc2cc(CNCc3ccco3)ccc21. The van der Waals surface area contributed by atoms with Gasteiger partial charge in [0.15, 0.2) is 0 Å². The highest BCUT2D eigenvalue weighted by Crippen LogP contribution is 2.28. The van der Waals surface area contributed by atoms with Crippen LogP contribution in [0.15, 0.2) is 41.0 Å². The molecule has 0 saturated carbocycles. The maximum atomic E-state index is 5.34. The lowest BCUT2D eigenvalue weighted by molar-refractivity contribution is 0.483. The van der Waals surface area contributed by atoms with Crippen molar-refractivity contribution >= 4 is 5.69 Å². The Morgan fingerprint density at radius 2 is 2.18 bits per heavy atom. The Bertz CT molecular complexity index is 577. The zero-order valence-electron chi connectivity index (χ0n) is 13.5. The first-order valence-corrected chi connectivity index (χ1v) is 8.46. The van der Waals surface area contributed by atoms with Gasteiger partial charge in [0.1, 0.15) is 5.76 Å². The summed E-state index contributed by atoms with van der Waals surface area (Å²) in [6, 6.07) is 10.9. The third-order valence-corrected chi connectivity index (χ3v) is 4.35. The molecular weight excluding hydrogens is 272 g/mol. The molecule has 1 aliphatic rings. The lowest BCUT2D eigenvalue weighted by Gasteiger charge is -2.31. The van der Waals surface area contributed by atoms with E-state index in [0.717, 1.165) is 18.8 Å². The number of anilines is 1. The van der Waals surface area contributed by atoms with Crippen LogP contribution < -0.4 is 10.2 Å². The third kappa shape index (κ3) is 3.72. The van der Waals surface area contributed by atoms with Gasteiger partial charge in [-0.25, -0.2) is 0 Å². The van der Waals surface area contributed by atoms with E-state index in [1.54, 1.807) is 6.26 Å². The molecule has 0 unspecified atom stereocenters. The smallest absolute Gasteiger partial charge is 0.117 e. The maximum absolute atomic E-state index is 5.34. The molecule has 0 bridgehead atoms. The van der Waals surface area contributed by atoms with Crippen LogP contribution in [0.1, 0.15) is 43.1 Å². The molecule has 0 radical (unpaired) electrons. The van der Waals surface area contributed by atoms with Crippen LogP contribution in [0.3, 0.4) is 0 Å². The summed E-state index contributed by atoms with van der Waals surface area (Å²) in [5.74, 6) is 0.990. The predicted octanol–water partition coefficient (Wildman–Crippen LogP) is 4.12. The summed E-state index contributed by atoms with van der Waals surface area (Å²) in [5.41, 5.74) is 4.33. The van der Waals surface area contributed by atoms with Crippen molar-refractivity contribution in [2.75, 3.05) is 18.0 Å². The lowest BCUT2D eigenvalue weighted by Crippen LogP contribution is -2.30. The fourth-order valence-corrected chi connectivity index (χ4v) is 3.16. The van der Waals surface area contributed by atoms with Crippen LogP contribution in [-0.2, 0) is 19.5 Å². The van der Waals surface area contributed by atoms with E-state index in [9.17, 15) is 0 Å². The van der Waals surface area contributed by atoms with Crippen molar-refractivity contribution < 1.29 is 4.42 Å². The van der Waals surface area contributed by atoms with Crippen LogP contribution in [0.5, 0.6) is 0 Å². The van der Waals surface area contributed by atoms with Crippen molar-refractivity contribution in [2.24, 2.45) is 0 Å². The van der Waals surface area contributed by atoms with Crippen LogP contribution in [0.4, 0.5) is 5.69 Å².